The summed E-state index contributed by atoms with van der Waals surface area (Å²) < 4.78 is 4.91. The Morgan fingerprint density at radius 2 is 1.58 bits per heavy atom. The molecule has 2 saturated heterocycles. The Balaban J connectivity index is 1.18. The molecular weight excluding hydrogens is 418 g/mol. The van der Waals surface area contributed by atoms with E-state index in [0.717, 1.165) is 71.4 Å². The van der Waals surface area contributed by atoms with Crippen LogP contribution in [0, 0.1) is 5.92 Å². The molecular formula is C26H37N3O4. The lowest BCUT2D eigenvalue weighted by Crippen LogP contribution is -2.50. The second kappa shape index (κ2) is 11.1. The van der Waals surface area contributed by atoms with Gasteiger partial charge in [0.1, 0.15) is 0 Å². The predicted molar refractivity (Wildman–Crippen MR) is 125 cm³/mol. The van der Waals surface area contributed by atoms with Crippen LogP contribution in [0.1, 0.15) is 56.6 Å². The zero-order valence-corrected chi connectivity index (χ0v) is 19.8. The molecule has 3 heterocycles. The summed E-state index contributed by atoms with van der Waals surface area (Å²) in [6.45, 7) is 7.13. The Labute approximate surface area is 197 Å². The fourth-order valence-electron chi connectivity index (χ4n) is 5.53. The average molecular weight is 456 g/mol. The highest BCUT2D eigenvalue weighted by molar-refractivity contribution is 5.81. The van der Waals surface area contributed by atoms with Crippen LogP contribution < -0.4 is 0 Å². The fraction of sp³-hybridized carbons (Fsp3) is 0.654. The summed E-state index contributed by atoms with van der Waals surface area (Å²) in [4.78, 5) is 43.5. The van der Waals surface area contributed by atoms with Crippen molar-refractivity contribution in [3.05, 3.63) is 35.4 Å². The molecule has 0 bridgehead atoms. The van der Waals surface area contributed by atoms with E-state index in [-0.39, 0.29) is 30.6 Å². The quantitative estimate of drug-likeness (QED) is 0.617. The van der Waals surface area contributed by atoms with Crippen LogP contribution in [0.5, 0.6) is 0 Å². The number of likely N-dealkylation sites (tertiary alicyclic amines) is 2. The van der Waals surface area contributed by atoms with Gasteiger partial charge in [0.25, 0.3) is 0 Å². The topological polar surface area (TPSA) is 70.2 Å². The number of hydrogen-bond donors (Lipinski definition) is 0. The number of ether oxygens (including phenoxy) is 1. The second-order valence-electron chi connectivity index (χ2n) is 9.51. The van der Waals surface area contributed by atoms with Crippen molar-refractivity contribution in [3.63, 3.8) is 0 Å². The van der Waals surface area contributed by atoms with Gasteiger partial charge in [0.05, 0.1) is 13.0 Å². The third-order valence-electron chi connectivity index (χ3n) is 7.50. The zero-order chi connectivity index (χ0) is 23.2. The van der Waals surface area contributed by atoms with Crippen molar-refractivity contribution in [1.29, 1.82) is 0 Å². The zero-order valence-electron chi connectivity index (χ0n) is 19.8. The van der Waals surface area contributed by atoms with Gasteiger partial charge in [0, 0.05) is 44.6 Å². The van der Waals surface area contributed by atoms with E-state index < -0.39 is 0 Å². The maximum Gasteiger partial charge on any atom is 0.306 e. The summed E-state index contributed by atoms with van der Waals surface area (Å²) in [5, 5.41) is 0. The largest absolute Gasteiger partial charge is 0.466 e. The van der Waals surface area contributed by atoms with Gasteiger partial charge in [-0.3, -0.25) is 14.4 Å². The highest BCUT2D eigenvalue weighted by Crippen LogP contribution is 2.27. The van der Waals surface area contributed by atoms with Gasteiger partial charge in [-0.1, -0.05) is 24.3 Å². The van der Waals surface area contributed by atoms with E-state index in [2.05, 4.69) is 34.1 Å². The monoisotopic (exact) mass is 455 g/mol. The van der Waals surface area contributed by atoms with Crippen LogP contribution in [0.25, 0.3) is 0 Å². The number of amides is 2. The molecule has 1 aromatic rings. The van der Waals surface area contributed by atoms with E-state index in [1.165, 1.54) is 11.1 Å². The van der Waals surface area contributed by atoms with Gasteiger partial charge in [-0.2, -0.15) is 0 Å². The molecule has 0 unspecified atom stereocenters. The van der Waals surface area contributed by atoms with E-state index in [1.807, 2.05) is 4.90 Å². The molecule has 1 aromatic carbocycles. The van der Waals surface area contributed by atoms with Crippen LogP contribution in [-0.2, 0) is 32.1 Å². The lowest BCUT2D eigenvalue weighted by molar-refractivity contribution is -0.146. The van der Waals surface area contributed by atoms with Gasteiger partial charge in [0.15, 0.2) is 0 Å². The minimum Gasteiger partial charge on any atom is -0.466 e. The lowest BCUT2D eigenvalue weighted by Gasteiger charge is -2.42. The molecule has 0 atom stereocenters. The fourth-order valence-corrected chi connectivity index (χ4v) is 5.53. The van der Waals surface area contributed by atoms with Crippen LogP contribution in [0.4, 0.5) is 0 Å². The minimum atomic E-state index is -0.299. The molecule has 0 spiro atoms. The SMILES string of the molecule is CCOC(=O)CCC(=O)N1CCC(N2CCC(C(=O)N3CCc4ccccc4C3)CC2)CC1. The number of carbonyl (C=O) groups is 3. The van der Waals surface area contributed by atoms with Crippen molar-refractivity contribution in [2.75, 3.05) is 39.3 Å². The molecule has 4 rings (SSSR count). The van der Waals surface area contributed by atoms with Crippen LogP contribution in [0.15, 0.2) is 24.3 Å². The molecule has 2 amide bonds. The highest BCUT2D eigenvalue weighted by atomic mass is 16.5. The number of esters is 1. The molecule has 0 saturated carbocycles. The average Bonchev–Trinajstić information content (AvgIpc) is 2.87. The molecule has 33 heavy (non-hydrogen) atoms. The third kappa shape index (κ3) is 5.94. The Morgan fingerprint density at radius 3 is 2.27 bits per heavy atom. The summed E-state index contributed by atoms with van der Waals surface area (Å²) in [6.07, 6.45) is 5.14. The number of piperidine rings is 2. The first-order chi connectivity index (χ1) is 16.0. The molecule has 2 fully saturated rings. The number of hydrogen-bond acceptors (Lipinski definition) is 5. The molecule has 0 aromatic heterocycles. The lowest BCUT2D eigenvalue weighted by atomic mass is 9.91. The van der Waals surface area contributed by atoms with Gasteiger partial charge in [0.2, 0.25) is 11.8 Å². The summed E-state index contributed by atoms with van der Waals surface area (Å²) in [6, 6.07) is 8.94. The molecule has 0 aliphatic carbocycles. The van der Waals surface area contributed by atoms with Crippen molar-refractivity contribution in [1.82, 2.24) is 14.7 Å². The third-order valence-corrected chi connectivity index (χ3v) is 7.50. The number of benzene rings is 1. The molecule has 3 aliphatic heterocycles. The second-order valence-corrected chi connectivity index (χ2v) is 9.51. The molecule has 3 aliphatic rings. The minimum absolute atomic E-state index is 0.0499. The van der Waals surface area contributed by atoms with Crippen LogP contribution in [0.3, 0.4) is 0 Å². The van der Waals surface area contributed by atoms with Crippen LogP contribution >= 0.6 is 0 Å². The summed E-state index contributed by atoms with van der Waals surface area (Å²) in [5.41, 5.74) is 2.67. The van der Waals surface area contributed by atoms with Gasteiger partial charge < -0.3 is 19.4 Å². The summed E-state index contributed by atoms with van der Waals surface area (Å²) in [7, 11) is 0. The standard InChI is InChI=1S/C26H37N3O4/c1-2-33-25(31)8-7-24(30)28-17-12-23(13-18-28)27-14-10-21(11-15-27)26(32)29-16-9-20-5-3-4-6-22(20)19-29/h3-6,21,23H,2,7-19H2,1H3. The van der Waals surface area contributed by atoms with E-state index in [4.69, 9.17) is 4.74 Å². The van der Waals surface area contributed by atoms with Crippen LogP contribution in [-0.4, -0.2) is 77.9 Å². The number of rotatable bonds is 6. The van der Waals surface area contributed by atoms with Crippen molar-refractivity contribution >= 4 is 17.8 Å². The Hall–Kier alpha value is -2.41. The van der Waals surface area contributed by atoms with Gasteiger partial charge in [-0.05, 0) is 63.2 Å². The number of carbonyl (C=O) groups excluding carboxylic acids is 3. The van der Waals surface area contributed by atoms with E-state index >= 15 is 0 Å². The number of fused-ring (bicyclic) bond motifs is 1. The van der Waals surface area contributed by atoms with Crippen LogP contribution in [0.2, 0.25) is 0 Å². The first-order valence-electron chi connectivity index (χ1n) is 12.6. The highest BCUT2D eigenvalue weighted by Gasteiger charge is 2.34. The van der Waals surface area contributed by atoms with Crippen molar-refractivity contribution < 1.29 is 19.1 Å². The van der Waals surface area contributed by atoms with Gasteiger partial charge in [-0.15, -0.1) is 0 Å². The molecule has 7 heteroatoms. The van der Waals surface area contributed by atoms with E-state index in [9.17, 15) is 14.4 Å². The van der Waals surface area contributed by atoms with Crippen molar-refractivity contribution in [3.8, 4) is 0 Å². The smallest absolute Gasteiger partial charge is 0.306 e. The molecule has 180 valence electrons. The summed E-state index contributed by atoms with van der Waals surface area (Å²) >= 11 is 0. The Bertz CT molecular complexity index is 842. The normalized spacial score (nSPS) is 20.4. The van der Waals surface area contributed by atoms with Gasteiger partial charge >= 0.3 is 5.97 Å². The van der Waals surface area contributed by atoms with E-state index in [0.29, 0.717) is 18.6 Å². The van der Waals surface area contributed by atoms with Gasteiger partial charge in [-0.25, -0.2) is 0 Å². The van der Waals surface area contributed by atoms with E-state index in [1.54, 1.807) is 6.92 Å². The maximum atomic E-state index is 13.1. The number of nitrogens with zero attached hydrogens (tertiary/aromatic N) is 3. The first-order valence-corrected chi connectivity index (χ1v) is 12.6. The van der Waals surface area contributed by atoms with Crippen molar-refractivity contribution in [2.24, 2.45) is 5.92 Å². The molecule has 0 radical (unpaired) electrons. The molecule has 0 N–H and O–H groups in total. The summed E-state index contributed by atoms with van der Waals surface area (Å²) in [5.74, 6) is 0.211. The first kappa shape index (κ1) is 23.7. The predicted octanol–water partition coefficient (Wildman–Crippen LogP) is 2.62. The molecule has 7 nitrogen and oxygen atoms in total. The Kier molecular flexibility index (Phi) is 8.02. The Morgan fingerprint density at radius 1 is 0.879 bits per heavy atom. The van der Waals surface area contributed by atoms with Crippen molar-refractivity contribution in [2.45, 2.75) is 64.5 Å². The maximum absolute atomic E-state index is 13.1.